The summed E-state index contributed by atoms with van der Waals surface area (Å²) in [5, 5.41) is 0.802. The minimum absolute atomic E-state index is 0.199. The van der Waals surface area contributed by atoms with E-state index in [-0.39, 0.29) is 11.5 Å². The van der Waals surface area contributed by atoms with Crippen molar-refractivity contribution in [1.82, 2.24) is 0 Å². The molecule has 0 bridgehead atoms. The number of nitrogens with two attached hydrogens (primary N) is 1. The van der Waals surface area contributed by atoms with Crippen LogP contribution in [0.2, 0.25) is 5.02 Å². The predicted octanol–water partition coefficient (Wildman–Crippen LogP) is 3.50. The Morgan fingerprint density at radius 3 is 2.20 bits per heavy atom. The maximum atomic E-state index is 6.17. The van der Waals surface area contributed by atoms with Gasteiger partial charge in [0.2, 0.25) is 0 Å². The first-order valence-electron chi connectivity index (χ1n) is 5.67. The summed E-state index contributed by atoms with van der Waals surface area (Å²) in [6.07, 6.45) is 5.02. The van der Waals surface area contributed by atoms with Gasteiger partial charge in [-0.15, -0.1) is 0 Å². The van der Waals surface area contributed by atoms with E-state index in [0.29, 0.717) is 0 Å². The standard InChI is InChI=1S/C13H18ClN/c1-10(15)13(8-2-3-9-13)11-4-6-12(14)7-5-11/h4-7,10H,2-3,8-9,15H2,1H3. The maximum Gasteiger partial charge on any atom is 0.0406 e. The van der Waals surface area contributed by atoms with E-state index in [0.717, 1.165) is 5.02 Å². The van der Waals surface area contributed by atoms with Crippen molar-refractivity contribution in [2.24, 2.45) is 5.73 Å². The molecule has 2 rings (SSSR count). The molecule has 15 heavy (non-hydrogen) atoms. The normalized spacial score (nSPS) is 21.5. The van der Waals surface area contributed by atoms with E-state index in [1.807, 2.05) is 12.1 Å². The second-order valence-electron chi connectivity index (χ2n) is 4.66. The van der Waals surface area contributed by atoms with E-state index in [4.69, 9.17) is 17.3 Å². The Labute approximate surface area is 96.6 Å². The van der Waals surface area contributed by atoms with Gasteiger partial charge in [-0.05, 0) is 37.5 Å². The molecule has 1 nitrogen and oxygen atoms in total. The van der Waals surface area contributed by atoms with Crippen LogP contribution in [0.4, 0.5) is 0 Å². The van der Waals surface area contributed by atoms with E-state index >= 15 is 0 Å². The third-order valence-corrected chi connectivity index (χ3v) is 4.04. The highest BCUT2D eigenvalue weighted by atomic mass is 35.5. The van der Waals surface area contributed by atoms with Crippen LogP contribution in [0, 0.1) is 0 Å². The van der Waals surface area contributed by atoms with Gasteiger partial charge in [-0.2, -0.15) is 0 Å². The van der Waals surface area contributed by atoms with E-state index in [9.17, 15) is 0 Å². The Balaban J connectivity index is 2.36. The Kier molecular flexibility index (Phi) is 3.03. The number of halogens is 1. The van der Waals surface area contributed by atoms with Crippen molar-refractivity contribution in [1.29, 1.82) is 0 Å². The van der Waals surface area contributed by atoms with Gasteiger partial charge in [0.15, 0.2) is 0 Å². The van der Waals surface area contributed by atoms with Gasteiger partial charge in [-0.1, -0.05) is 36.6 Å². The quantitative estimate of drug-likeness (QED) is 0.816. The fourth-order valence-electron chi connectivity index (χ4n) is 2.79. The summed E-state index contributed by atoms with van der Waals surface area (Å²) in [7, 11) is 0. The van der Waals surface area contributed by atoms with Crippen LogP contribution in [-0.4, -0.2) is 6.04 Å². The molecule has 1 atom stereocenters. The van der Waals surface area contributed by atoms with E-state index in [1.54, 1.807) is 0 Å². The first kappa shape index (κ1) is 11.0. The largest absolute Gasteiger partial charge is 0.327 e. The highest BCUT2D eigenvalue weighted by Gasteiger charge is 2.38. The molecule has 0 amide bonds. The minimum atomic E-state index is 0.199. The molecule has 1 fully saturated rings. The van der Waals surface area contributed by atoms with Crippen molar-refractivity contribution in [2.75, 3.05) is 0 Å². The van der Waals surface area contributed by atoms with Gasteiger partial charge in [0.1, 0.15) is 0 Å². The third kappa shape index (κ3) is 1.91. The number of hydrogen-bond donors (Lipinski definition) is 1. The van der Waals surface area contributed by atoms with Crippen LogP contribution in [-0.2, 0) is 5.41 Å². The number of rotatable bonds is 2. The van der Waals surface area contributed by atoms with E-state index in [2.05, 4.69) is 19.1 Å². The van der Waals surface area contributed by atoms with Crippen molar-refractivity contribution < 1.29 is 0 Å². The van der Waals surface area contributed by atoms with Crippen LogP contribution in [0.15, 0.2) is 24.3 Å². The fourth-order valence-corrected chi connectivity index (χ4v) is 2.92. The van der Waals surface area contributed by atoms with Gasteiger partial charge >= 0.3 is 0 Å². The van der Waals surface area contributed by atoms with Crippen LogP contribution in [0.3, 0.4) is 0 Å². The second kappa shape index (κ2) is 4.15. The third-order valence-electron chi connectivity index (χ3n) is 3.79. The molecular formula is C13H18ClN. The fraction of sp³-hybridized carbons (Fsp3) is 0.538. The molecule has 1 saturated carbocycles. The first-order chi connectivity index (χ1) is 7.15. The van der Waals surface area contributed by atoms with Gasteiger partial charge in [0.05, 0.1) is 0 Å². The molecule has 1 aromatic carbocycles. The van der Waals surface area contributed by atoms with Gasteiger partial charge < -0.3 is 5.73 Å². The lowest BCUT2D eigenvalue weighted by Gasteiger charge is -2.33. The first-order valence-corrected chi connectivity index (χ1v) is 6.04. The van der Waals surface area contributed by atoms with Gasteiger partial charge in [-0.25, -0.2) is 0 Å². The summed E-state index contributed by atoms with van der Waals surface area (Å²) in [5.74, 6) is 0. The lowest BCUT2D eigenvalue weighted by Crippen LogP contribution is -2.41. The monoisotopic (exact) mass is 223 g/mol. The van der Waals surface area contributed by atoms with Crippen molar-refractivity contribution in [3.63, 3.8) is 0 Å². The zero-order valence-electron chi connectivity index (χ0n) is 9.17. The molecule has 2 heteroatoms. The SMILES string of the molecule is CC(N)C1(c2ccc(Cl)cc2)CCCC1. The van der Waals surface area contributed by atoms with Crippen LogP contribution >= 0.6 is 11.6 Å². The molecule has 0 heterocycles. The highest BCUT2D eigenvalue weighted by molar-refractivity contribution is 6.30. The molecule has 2 N–H and O–H groups in total. The molecule has 0 saturated heterocycles. The molecule has 0 spiro atoms. The van der Waals surface area contributed by atoms with Crippen molar-refractivity contribution in [3.8, 4) is 0 Å². The smallest absolute Gasteiger partial charge is 0.0406 e. The van der Waals surface area contributed by atoms with Crippen LogP contribution in [0.25, 0.3) is 0 Å². The molecule has 1 aliphatic rings. The summed E-state index contributed by atoms with van der Waals surface area (Å²) in [6, 6.07) is 8.44. The minimum Gasteiger partial charge on any atom is -0.327 e. The Hall–Kier alpha value is -0.530. The maximum absolute atomic E-state index is 6.17. The topological polar surface area (TPSA) is 26.0 Å². The van der Waals surface area contributed by atoms with Crippen LogP contribution in [0.1, 0.15) is 38.2 Å². The van der Waals surface area contributed by atoms with Crippen LogP contribution in [0.5, 0.6) is 0 Å². The van der Waals surface area contributed by atoms with Crippen molar-refractivity contribution >= 4 is 11.6 Å². The van der Waals surface area contributed by atoms with Gasteiger partial charge in [-0.3, -0.25) is 0 Å². The average Bonchev–Trinajstić information content (AvgIpc) is 2.69. The molecular weight excluding hydrogens is 206 g/mol. The van der Waals surface area contributed by atoms with Crippen molar-refractivity contribution in [3.05, 3.63) is 34.9 Å². The molecule has 1 aliphatic carbocycles. The van der Waals surface area contributed by atoms with Gasteiger partial charge in [0, 0.05) is 16.5 Å². The lowest BCUT2D eigenvalue weighted by atomic mass is 9.74. The zero-order valence-corrected chi connectivity index (χ0v) is 9.93. The molecule has 0 aromatic heterocycles. The van der Waals surface area contributed by atoms with Gasteiger partial charge in [0.25, 0.3) is 0 Å². The average molecular weight is 224 g/mol. The zero-order chi connectivity index (χ0) is 10.9. The lowest BCUT2D eigenvalue weighted by molar-refractivity contribution is 0.368. The Morgan fingerprint density at radius 1 is 1.20 bits per heavy atom. The summed E-state index contributed by atoms with van der Waals surface area (Å²) in [4.78, 5) is 0. The van der Waals surface area contributed by atoms with E-state index < -0.39 is 0 Å². The number of hydrogen-bond acceptors (Lipinski definition) is 1. The number of benzene rings is 1. The molecule has 82 valence electrons. The highest BCUT2D eigenvalue weighted by Crippen LogP contribution is 2.43. The second-order valence-corrected chi connectivity index (χ2v) is 5.10. The Morgan fingerprint density at radius 2 is 1.73 bits per heavy atom. The molecule has 0 aliphatic heterocycles. The van der Waals surface area contributed by atoms with Crippen molar-refractivity contribution in [2.45, 2.75) is 44.1 Å². The van der Waals surface area contributed by atoms with Crippen LogP contribution < -0.4 is 5.73 Å². The predicted molar refractivity (Wildman–Crippen MR) is 65.2 cm³/mol. The summed E-state index contributed by atoms with van der Waals surface area (Å²) < 4.78 is 0. The summed E-state index contributed by atoms with van der Waals surface area (Å²) >= 11 is 5.91. The Bertz CT molecular complexity index is 323. The summed E-state index contributed by atoms with van der Waals surface area (Å²) in [6.45, 7) is 2.12. The van der Waals surface area contributed by atoms with E-state index in [1.165, 1.54) is 31.2 Å². The summed E-state index contributed by atoms with van der Waals surface area (Å²) in [5.41, 5.74) is 7.73. The molecule has 1 unspecified atom stereocenters. The molecule has 1 aromatic rings. The molecule has 0 radical (unpaired) electrons.